The van der Waals surface area contributed by atoms with Crippen molar-refractivity contribution in [1.82, 2.24) is 0 Å². The van der Waals surface area contributed by atoms with Crippen LogP contribution in [0.5, 0.6) is 0 Å². The van der Waals surface area contributed by atoms with Crippen molar-refractivity contribution in [2.75, 3.05) is 0 Å². The van der Waals surface area contributed by atoms with Crippen molar-refractivity contribution in [2.24, 2.45) is 0 Å². The second kappa shape index (κ2) is 6.12. The van der Waals surface area contributed by atoms with Gasteiger partial charge in [-0.25, -0.2) is 0 Å². The van der Waals surface area contributed by atoms with Gasteiger partial charge >= 0.3 is 6.18 Å². The molecule has 0 radical (unpaired) electrons. The number of alkyl halides is 3. The van der Waals surface area contributed by atoms with Gasteiger partial charge in [0.25, 0.3) is 0 Å². The Morgan fingerprint density at radius 3 is 2.29 bits per heavy atom. The molecule has 110 valence electrons. The first-order valence-corrected chi connectivity index (χ1v) is 6.63. The first-order chi connectivity index (χ1) is 9.89. The van der Waals surface area contributed by atoms with E-state index in [4.69, 9.17) is 0 Å². The Morgan fingerprint density at radius 1 is 1.00 bits per heavy atom. The zero-order valence-corrected chi connectivity index (χ0v) is 11.6. The van der Waals surface area contributed by atoms with E-state index in [-0.39, 0.29) is 23.3 Å². The van der Waals surface area contributed by atoms with Crippen molar-refractivity contribution in [1.29, 1.82) is 0 Å². The molecule has 0 amide bonds. The smallest absolute Gasteiger partial charge is 0.294 e. The molecule has 0 unspecified atom stereocenters. The van der Waals surface area contributed by atoms with Crippen LogP contribution < -0.4 is 0 Å². The van der Waals surface area contributed by atoms with E-state index < -0.39 is 11.7 Å². The Kier molecular flexibility index (Phi) is 4.46. The Bertz CT molecular complexity index is 630. The van der Waals surface area contributed by atoms with Gasteiger partial charge in [0.2, 0.25) is 0 Å². The minimum Gasteiger partial charge on any atom is -0.294 e. The summed E-state index contributed by atoms with van der Waals surface area (Å²) in [7, 11) is 0. The molecule has 0 spiro atoms. The molecule has 1 nitrogen and oxygen atoms in total. The molecular formula is C17H15F3O. The van der Waals surface area contributed by atoms with Crippen LogP contribution >= 0.6 is 0 Å². The van der Waals surface area contributed by atoms with Crippen LogP contribution in [-0.2, 0) is 12.6 Å². The van der Waals surface area contributed by atoms with Crippen LogP contribution in [0.1, 0.15) is 33.5 Å². The molecule has 2 rings (SSSR count). The lowest BCUT2D eigenvalue weighted by Gasteiger charge is -2.13. The van der Waals surface area contributed by atoms with Crippen LogP contribution in [0, 0.1) is 6.92 Å². The van der Waals surface area contributed by atoms with Gasteiger partial charge in [0.15, 0.2) is 5.78 Å². The van der Waals surface area contributed by atoms with Crippen molar-refractivity contribution in [3.05, 3.63) is 70.8 Å². The molecule has 0 bridgehead atoms. The minimum atomic E-state index is -4.43. The molecule has 0 N–H and O–H groups in total. The third kappa shape index (κ3) is 3.72. The predicted molar refractivity (Wildman–Crippen MR) is 75.3 cm³/mol. The number of hydrogen-bond acceptors (Lipinski definition) is 1. The van der Waals surface area contributed by atoms with Gasteiger partial charge in [0.05, 0.1) is 5.56 Å². The van der Waals surface area contributed by atoms with Gasteiger partial charge in [-0.1, -0.05) is 42.5 Å². The quantitative estimate of drug-likeness (QED) is 0.738. The fourth-order valence-electron chi connectivity index (χ4n) is 2.28. The number of halogens is 3. The lowest BCUT2D eigenvalue weighted by Crippen LogP contribution is -2.12. The molecule has 4 heteroatoms. The van der Waals surface area contributed by atoms with Crippen LogP contribution in [-0.4, -0.2) is 5.78 Å². The standard InChI is InChI=1S/C17H15F3O/c1-12-14(8-5-9-15(12)17(18,19)20)16(21)11-10-13-6-3-2-4-7-13/h2-9H,10-11H2,1H3. The van der Waals surface area contributed by atoms with Crippen molar-refractivity contribution < 1.29 is 18.0 Å². The molecular weight excluding hydrogens is 277 g/mol. The lowest BCUT2D eigenvalue weighted by atomic mass is 9.96. The van der Waals surface area contributed by atoms with E-state index in [1.54, 1.807) is 0 Å². The highest BCUT2D eigenvalue weighted by molar-refractivity contribution is 5.97. The molecule has 0 saturated heterocycles. The second-order valence-corrected chi connectivity index (χ2v) is 4.88. The number of ketones is 1. The molecule has 0 atom stereocenters. The molecule has 0 aliphatic rings. The summed E-state index contributed by atoms with van der Waals surface area (Å²) >= 11 is 0. The largest absolute Gasteiger partial charge is 0.416 e. The van der Waals surface area contributed by atoms with E-state index >= 15 is 0 Å². The van der Waals surface area contributed by atoms with Crippen LogP contribution in [0.3, 0.4) is 0 Å². The maximum Gasteiger partial charge on any atom is 0.416 e. The molecule has 2 aromatic rings. The van der Waals surface area contributed by atoms with E-state index in [0.717, 1.165) is 11.6 Å². The first kappa shape index (κ1) is 15.3. The van der Waals surface area contributed by atoms with Crippen LogP contribution in [0.15, 0.2) is 48.5 Å². The number of carbonyl (C=O) groups excluding carboxylic acids is 1. The number of carbonyl (C=O) groups is 1. The van der Waals surface area contributed by atoms with Gasteiger partial charge in [-0.2, -0.15) is 13.2 Å². The maximum absolute atomic E-state index is 12.8. The number of hydrogen-bond donors (Lipinski definition) is 0. The fraction of sp³-hybridized carbons (Fsp3) is 0.235. The Labute approximate surface area is 121 Å². The van der Waals surface area contributed by atoms with Gasteiger partial charge in [0.1, 0.15) is 0 Å². The van der Waals surface area contributed by atoms with Crippen molar-refractivity contribution >= 4 is 5.78 Å². The highest BCUT2D eigenvalue weighted by Crippen LogP contribution is 2.33. The zero-order chi connectivity index (χ0) is 15.5. The molecule has 21 heavy (non-hydrogen) atoms. The highest BCUT2D eigenvalue weighted by Gasteiger charge is 2.33. The van der Waals surface area contributed by atoms with Gasteiger partial charge < -0.3 is 0 Å². The lowest BCUT2D eigenvalue weighted by molar-refractivity contribution is -0.138. The van der Waals surface area contributed by atoms with Gasteiger partial charge in [-0.3, -0.25) is 4.79 Å². The van der Waals surface area contributed by atoms with E-state index in [1.807, 2.05) is 30.3 Å². The molecule has 0 aliphatic carbocycles. The fourth-order valence-corrected chi connectivity index (χ4v) is 2.28. The van der Waals surface area contributed by atoms with Gasteiger partial charge in [-0.05, 0) is 30.5 Å². The van der Waals surface area contributed by atoms with E-state index in [1.165, 1.54) is 19.1 Å². The monoisotopic (exact) mass is 292 g/mol. The van der Waals surface area contributed by atoms with Gasteiger partial charge in [0, 0.05) is 12.0 Å². The number of rotatable bonds is 4. The van der Waals surface area contributed by atoms with Crippen LogP contribution in [0.25, 0.3) is 0 Å². The van der Waals surface area contributed by atoms with Crippen LogP contribution in [0.2, 0.25) is 0 Å². The predicted octanol–water partition coefficient (Wildman–Crippen LogP) is 4.83. The summed E-state index contributed by atoms with van der Waals surface area (Å²) in [6, 6.07) is 13.2. The van der Waals surface area contributed by atoms with E-state index in [0.29, 0.717) is 6.42 Å². The number of benzene rings is 2. The summed E-state index contributed by atoms with van der Waals surface area (Å²) in [5.41, 5.74) is 0.410. The second-order valence-electron chi connectivity index (χ2n) is 4.88. The Hall–Kier alpha value is -2.10. The normalized spacial score (nSPS) is 11.4. The third-order valence-electron chi connectivity index (χ3n) is 3.42. The topological polar surface area (TPSA) is 17.1 Å². The van der Waals surface area contributed by atoms with Crippen molar-refractivity contribution in [2.45, 2.75) is 25.9 Å². The molecule has 0 saturated carbocycles. The summed E-state index contributed by atoms with van der Waals surface area (Å²) in [6.07, 6.45) is -3.71. The Balaban J connectivity index is 2.17. The number of Topliss-reactive ketones (excluding diaryl/α,β-unsaturated/α-hetero) is 1. The summed E-state index contributed by atoms with van der Waals surface area (Å²) in [6.45, 7) is 1.35. The number of aryl methyl sites for hydroxylation is 1. The molecule has 2 aromatic carbocycles. The Morgan fingerprint density at radius 2 is 1.67 bits per heavy atom. The molecule has 0 heterocycles. The highest BCUT2D eigenvalue weighted by atomic mass is 19.4. The average molecular weight is 292 g/mol. The van der Waals surface area contributed by atoms with Crippen LogP contribution in [0.4, 0.5) is 13.2 Å². The van der Waals surface area contributed by atoms with E-state index in [9.17, 15) is 18.0 Å². The summed E-state index contributed by atoms with van der Waals surface area (Å²) < 4.78 is 38.5. The average Bonchev–Trinajstić information content (AvgIpc) is 2.45. The summed E-state index contributed by atoms with van der Waals surface area (Å²) in [5, 5.41) is 0. The van der Waals surface area contributed by atoms with Gasteiger partial charge in [-0.15, -0.1) is 0 Å². The maximum atomic E-state index is 12.8. The summed E-state index contributed by atoms with van der Waals surface area (Å²) in [5.74, 6) is -0.262. The minimum absolute atomic E-state index is 0.00283. The van der Waals surface area contributed by atoms with Crippen molar-refractivity contribution in [3.63, 3.8) is 0 Å². The first-order valence-electron chi connectivity index (χ1n) is 6.63. The molecule has 0 fully saturated rings. The zero-order valence-electron chi connectivity index (χ0n) is 11.6. The molecule has 0 aliphatic heterocycles. The van der Waals surface area contributed by atoms with E-state index in [2.05, 4.69) is 0 Å². The third-order valence-corrected chi connectivity index (χ3v) is 3.42. The summed E-state index contributed by atoms with van der Waals surface area (Å²) in [4.78, 5) is 12.2. The molecule has 0 aromatic heterocycles. The SMILES string of the molecule is Cc1c(C(=O)CCc2ccccc2)cccc1C(F)(F)F. The van der Waals surface area contributed by atoms with Crippen molar-refractivity contribution in [3.8, 4) is 0 Å².